The summed E-state index contributed by atoms with van der Waals surface area (Å²) in [7, 11) is 0. The summed E-state index contributed by atoms with van der Waals surface area (Å²) < 4.78 is 0. The molecule has 0 bridgehead atoms. The largest absolute Gasteiger partial charge is 0.505 e. The Kier molecular flexibility index (Phi) is 10.9. The third kappa shape index (κ3) is 8.89. The molecule has 0 aliphatic carbocycles. The van der Waals surface area contributed by atoms with Crippen molar-refractivity contribution in [3.8, 4) is 5.75 Å². The number of fused-ring (bicyclic) bond motifs is 1. The molecule has 0 unspecified atom stereocenters. The molecular formula is C42H33N7O5. The number of azo groups is 1. The number of phenols is 1. The van der Waals surface area contributed by atoms with Gasteiger partial charge in [-0.2, -0.15) is 5.11 Å². The maximum atomic E-state index is 13.6. The zero-order valence-corrected chi connectivity index (χ0v) is 28.7. The Labute approximate surface area is 310 Å². The summed E-state index contributed by atoms with van der Waals surface area (Å²) in [6, 6.07) is 36.5. The molecule has 12 heteroatoms. The SMILES string of the molecule is C=CC(=O)Nc1cc(NC(=O)C=C)cc(C(=O)Nc2cccc(NC(=O)c3cc4ccccc4c(N=Nc4ccc(Nc5ccccc5)cc4)c3O)c2)c1. The number of hydrogen-bond donors (Lipinski definition) is 6. The Morgan fingerprint density at radius 2 is 1.09 bits per heavy atom. The summed E-state index contributed by atoms with van der Waals surface area (Å²) in [5.41, 5.74) is 3.70. The average molecular weight is 716 g/mol. The van der Waals surface area contributed by atoms with Crippen LogP contribution in [0.2, 0.25) is 0 Å². The fraction of sp³-hybridized carbons (Fsp3) is 0. The van der Waals surface area contributed by atoms with Crippen LogP contribution in [0.5, 0.6) is 5.75 Å². The van der Waals surface area contributed by atoms with Crippen molar-refractivity contribution in [1.82, 2.24) is 0 Å². The molecule has 0 radical (unpaired) electrons. The van der Waals surface area contributed by atoms with Gasteiger partial charge in [0.15, 0.2) is 5.75 Å². The number of benzene rings is 6. The van der Waals surface area contributed by atoms with Gasteiger partial charge in [-0.1, -0.05) is 61.7 Å². The predicted molar refractivity (Wildman–Crippen MR) is 212 cm³/mol. The number of phenolic OH excluding ortho intramolecular Hbond substituents is 1. The van der Waals surface area contributed by atoms with Crippen molar-refractivity contribution in [2.75, 3.05) is 26.6 Å². The number of para-hydroxylation sites is 1. The highest BCUT2D eigenvalue weighted by molar-refractivity contribution is 6.12. The maximum Gasteiger partial charge on any atom is 0.259 e. The van der Waals surface area contributed by atoms with E-state index < -0.39 is 23.6 Å². The first-order valence-corrected chi connectivity index (χ1v) is 16.5. The summed E-state index contributed by atoms with van der Waals surface area (Å²) in [5.74, 6) is -2.56. The molecule has 6 N–H and O–H groups in total. The molecule has 0 aliphatic heterocycles. The first-order chi connectivity index (χ1) is 26.2. The standard InChI is InChI=1S/C42H33N7O5/c1-3-37(50)44-33-21-27(22-34(25-33)45-38(51)4-2)41(53)46-31-14-10-15-32(24-31)47-42(54)36-23-26-11-8-9-16-35(26)39(40(36)52)49-48-30-19-17-29(18-20-30)43-28-12-6-5-7-13-28/h3-25,43,52H,1-2H2,(H,44,50)(H,45,51)(H,46,53)(H,47,54). The van der Waals surface area contributed by atoms with Crippen molar-refractivity contribution < 1.29 is 24.3 Å². The summed E-state index contributed by atoms with van der Waals surface area (Å²) >= 11 is 0. The summed E-state index contributed by atoms with van der Waals surface area (Å²) in [5, 5.41) is 35.3. The van der Waals surface area contributed by atoms with Crippen LogP contribution in [0.3, 0.4) is 0 Å². The van der Waals surface area contributed by atoms with Crippen molar-refractivity contribution >= 4 is 79.9 Å². The highest BCUT2D eigenvalue weighted by atomic mass is 16.3. The predicted octanol–water partition coefficient (Wildman–Crippen LogP) is 9.46. The fourth-order valence-corrected chi connectivity index (χ4v) is 5.37. The molecule has 4 amide bonds. The molecule has 0 atom stereocenters. The van der Waals surface area contributed by atoms with Gasteiger partial charge in [0, 0.05) is 45.1 Å². The first kappa shape index (κ1) is 35.9. The summed E-state index contributed by atoms with van der Waals surface area (Å²) in [4.78, 5) is 50.8. The molecular weight excluding hydrogens is 683 g/mol. The molecule has 54 heavy (non-hydrogen) atoms. The zero-order chi connectivity index (χ0) is 38.0. The molecule has 0 spiro atoms. The van der Waals surface area contributed by atoms with Crippen LogP contribution in [0.4, 0.5) is 45.5 Å². The maximum absolute atomic E-state index is 13.6. The minimum absolute atomic E-state index is 0.0352. The van der Waals surface area contributed by atoms with Gasteiger partial charge in [-0.3, -0.25) is 19.2 Å². The van der Waals surface area contributed by atoms with E-state index in [1.54, 1.807) is 54.6 Å². The van der Waals surface area contributed by atoms with Crippen LogP contribution >= 0.6 is 0 Å². The Bertz CT molecular complexity index is 2400. The van der Waals surface area contributed by atoms with Crippen molar-refractivity contribution in [2.45, 2.75) is 0 Å². The summed E-state index contributed by atoms with van der Waals surface area (Å²) in [6.07, 6.45) is 2.14. The lowest BCUT2D eigenvalue weighted by Gasteiger charge is -2.13. The molecule has 0 aliphatic rings. The van der Waals surface area contributed by atoms with Gasteiger partial charge in [0.25, 0.3) is 11.8 Å². The topological polar surface area (TPSA) is 173 Å². The first-order valence-electron chi connectivity index (χ1n) is 16.5. The molecule has 0 heterocycles. The van der Waals surface area contributed by atoms with E-state index in [2.05, 4.69) is 50.0 Å². The number of hydrogen-bond acceptors (Lipinski definition) is 8. The number of carbonyl (C=O) groups is 4. The van der Waals surface area contributed by atoms with Gasteiger partial charge in [-0.15, -0.1) is 5.11 Å². The van der Waals surface area contributed by atoms with Crippen LogP contribution < -0.4 is 26.6 Å². The van der Waals surface area contributed by atoms with Crippen LogP contribution in [0.1, 0.15) is 20.7 Å². The Balaban J connectivity index is 1.20. The molecule has 0 saturated heterocycles. The van der Waals surface area contributed by atoms with Gasteiger partial charge in [0.05, 0.1) is 11.3 Å². The van der Waals surface area contributed by atoms with Crippen LogP contribution in [0, 0.1) is 0 Å². The lowest BCUT2D eigenvalue weighted by molar-refractivity contribution is -0.112. The van der Waals surface area contributed by atoms with Crippen LogP contribution in [0.15, 0.2) is 163 Å². The van der Waals surface area contributed by atoms with E-state index >= 15 is 0 Å². The van der Waals surface area contributed by atoms with Gasteiger partial charge in [-0.25, -0.2) is 0 Å². The molecule has 266 valence electrons. The average Bonchev–Trinajstić information content (AvgIpc) is 3.18. The number of nitrogens with zero attached hydrogens (tertiary/aromatic N) is 2. The Morgan fingerprint density at radius 3 is 1.74 bits per heavy atom. The van der Waals surface area contributed by atoms with Gasteiger partial charge in [0.2, 0.25) is 11.8 Å². The highest BCUT2D eigenvalue weighted by Gasteiger charge is 2.19. The highest BCUT2D eigenvalue weighted by Crippen LogP contribution is 2.40. The Hall–Kier alpha value is -7.86. The number of nitrogens with one attached hydrogen (secondary N) is 5. The number of rotatable bonds is 12. The molecule has 0 saturated carbocycles. The summed E-state index contributed by atoms with van der Waals surface area (Å²) in [6.45, 7) is 6.86. The van der Waals surface area contributed by atoms with Crippen molar-refractivity contribution in [2.24, 2.45) is 10.2 Å². The normalized spacial score (nSPS) is 10.7. The van der Waals surface area contributed by atoms with E-state index in [4.69, 9.17) is 0 Å². The molecule has 0 fully saturated rings. The fourth-order valence-electron chi connectivity index (χ4n) is 5.37. The minimum Gasteiger partial charge on any atom is -0.505 e. The van der Waals surface area contributed by atoms with Gasteiger partial charge in [0.1, 0.15) is 5.69 Å². The quantitative estimate of drug-likeness (QED) is 0.0544. The van der Waals surface area contributed by atoms with E-state index in [-0.39, 0.29) is 33.9 Å². The van der Waals surface area contributed by atoms with Crippen molar-refractivity contribution in [1.29, 1.82) is 0 Å². The van der Waals surface area contributed by atoms with Gasteiger partial charge < -0.3 is 31.7 Å². The molecule has 6 rings (SSSR count). The van der Waals surface area contributed by atoms with Gasteiger partial charge in [-0.05, 0) is 96.4 Å². The third-order valence-corrected chi connectivity index (χ3v) is 7.91. The monoisotopic (exact) mass is 715 g/mol. The number of aromatic hydroxyl groups is 1. The van der Waals surface area contributed by atoms with Crippen molar-refractivity contribution in [3.05, 3.63) is 164 Å². The van der Waals surface area contributed by atoms with E-state index in [1.165, 1.54) is 24.3 Å². The van der Waals surface area contributed by atoms with E-state index in [9.17, 15) is 24.3 Å². The molecule has 6 aromatic rings. The second kappa shape index (κ2) is 16.4. The van der Waals surface area contributed by atoms with Crippen LogP contribution in [0.25, 0.3) is 10.8 Å². The van der Waals surface area contributed by atoms with E-state index in [1.807, 2.05) is 48.5 Å². The smallest absolute Gasteiger partial charge is 0.259 e. The number of anilines is 6. The number of amides is 4. The second-order valence-electron chi connectivity index (χ2n) is 11.8. The molecule has 6 aromatic carbocycles. The lowest BCUT2D eigenvalue weighted by atomic mass is 10.0. The number of carbonyl (C=O) groups excluding carboxylic acids is 4. The van der Waals surface area contributed by atoms with E-state index in [0.29, 0.717) is 27.8 Å². The van der Waals surface area contributed by atoms with Crippen LogP contribution in [-0.4, -0.2) is 28.7 Å². The molecule has 12 nitrogen and oxygen atoms in total. The minimum atomic E-state index is -0.622. The lowest BCUT2D eigenvalue weighted by Crippen LogP contribution is -2.16. The zero-order valence-electron chi connectivity index (χ0n) is 28.7. The van der Waals surface area contributed by atoms with Crippen molar-refractivity contribution in [3.63, 3.8) is 0 Å². The third-order valence-electron chi connectivity index (χ3n) is 7.91. The second-order valence-corrected chi connectivity index (χ2v) is 11.8. The van der Waals surface area contributed by atoms with E-state index in [0.717, 1.165) is 23.5 Å². The van der Waals surface area contributed by atoms with Gasteiger partial charge >= 0.3 is 0 Å². The Morgan fingerprint density at radius 1 is 0.537 bits per heavy atom. The molecule has 0 aromatic heterocycles. The van der Waals surface area contributed by atoms with Crippen LogP contribution in [-0.2, 0) is 9.59 Å².